The van der Waals surface area contributed by atoms with Crippen LogP contribution in [0.5, 0.6) is 0 Å². The molecule has 0 saturated heterocycles. The summed E-state index contributed by atoms with van der Waals surface area (Å²) >= 11 is 0. The fourth-order valence-electron chi connectivity index (χ4n) is 2.18. The summed E-state index contributed by atoms with van der Waals surface area (Å²) in [6, 6.07) is 9.33. The van der Waals surface area contributed by atoms with E-state index in [0.29, 0.717) is 5.56 Å². The maximum absolute atomic E-state index is 12.2. The van der Waals surface area contributed by atoms with E-state index in [1.54, 1.807) is 6.08 Å². The molecule has 1 heteroatoms. The van der Waals surface area contributed by atoms with Gasteiger partial charge in [-0.05, 0) is 19.4 Å². The summed E-state index contributed by atoms with van der Waals surface area (Å²) < 4.78 is 0. The van der Waals surface area contributed by atoms with Crippen LogP contribution in [0.4, 0.5) is 0 Å². The topological polar surface area (TPSA) is 17.1 Å². The van der Waals surface area contributed by atoms with E-state index in [2.05, 4.69) is 24.8 Å². The highest BCUT2D eigenvalue weighted by atomic mass is 16.1. The van der Waals surface area contributed by atoms with Crippen molar-refractivity contribution in [1.82, 2.24) is 0 Å². The van der Waals surface area contributed by atoms with Crippen LogP contribution in [0.1, 0.15) is 23.7 Å². The van der Waals surface area contributed by atoms with Crippen molar-refractivity contribution in [3.63, 3.8) is 0 Å². The second kappa shape index (κ2) is 6.85. The molecule has 1 aromatic carbocycles. The predicted molar refractivity (Wildman–Crippen MR) is 89.2 cm³/mol. The minimum absolute atomic E-state index is 0.0293. The number of carbonyl (C=O) groups excluding carboxylic acids is 1. The van der Waals surface area contributed by atoms with Crippen molar-refractivity contribution >= 4 is 5.78 Å². The van der Waals surface area contributed by atoms with Gasteiger partial charge in [-0.15, -0.1) is 0 Å². The number of hydrogen-bond donors (Lipinski definition) is 0. The van der Waals surface area contributed by atoms with Crippen LogP contribution in [0, 0.1) is 5.41 Å². The maximum atomic E-state index is 12.2. The molecule has 0 radical (unpaired) electrons. The summed E-state index contributed by atoms with van der Waals surface area (Å²) in [4.78, 5) is 12.2. The number of hydrogen-bond acceptors (Lipinski definition) is 1. The van der Waals surface area contributed by atoms with Gasteiger partial charge < -0.3 is 0 Å². The van der Waals surface area contributed by atoms with Crippen LogP contribution in [0.15, 0.2) is 91.1 Å². The molecule has 2 rings (SSSR count). The van der Waals surface area contributed by atoms with Crippen LogP contribution < -0.4 is 0 Å². The Morgan fingerprint density at radius 1 is 1.14 bits per heavy atom. The molecule has 0 heterocycles. The van der Waals surface area contributed by atoms with E-state index in [1.807, 2.05) is 61.6 Å². The van der Waals surface area contributed by atoms with Crippen molar-refractivity contribution in [2.45, 2.75) is 13.3 Å². The van der Waals surface area contributed by atoms with Gasteiger partial charge in [0.15, 0.2) is 5.78 Å². The Balaban J connectivity index is 2.21. The molecule has 0 amide bonds. The van der Waals surface area contributed by atoms with Crippen LogP contribution in [0.2, 0.25) is 0 Å². The molecular formula is C20H20O. The Bertz CT molecular complexity index is 629. The largest absolute Gasteiger partial charge is 0.289 e. The minimum Gasteiger partial charge on any atom is -0.289 e. The van der Waals surface area contributed by atoms with Crippen LogP contribution in [0.3, 0.4) is 0 Å². The highest BCUT2D eigenvalue weighted by Crippen LogP contribution is 2.32. The van der Waals surface area contributed by atoms with Crippen LogP contribution in [0.25, 0.3) is 0 Å². The summed E-state index contributed by atoms with van der Waals surface area (Å²) in [6.45, 7) is 5.86. The van der Waals surface area contributed by atoms with Crippen LogP contribution in [-0.4, -0.2) is 5.78 Å². The second-order valence-corrected chi connectivity index (χ2v) is 5.35. The number of benzene rings is 1. The van der Waals surface area contributed by atoms with Crippen LogP contribution >= 0.6 is 0 Å². The molecule has 1 atom stereocenters. The summed E-state index contributed by atoms with van der Waals surface area (Å²) in [6.07, 6.45) is 16.9. The molecule has 0 spiro atoms. The van der Waals surface area contributed by atoms with E-state index < -0.39 is 0 Å². The van der Waals surface area contributed by atoms with E-state index in [9.17, 15) is 4.79 Å². The lowest BCUT2D eigenvalue weighted by Crippen LogP contribution is -2.13. The van der Waals surface area contributed by atoms with Crippen molar-refractivity contribution < 1.29 is 4.79 Å². The molecule has 1 aromatic rings. The zero-order valence-corrected chi connectivity index (χ0v) is 12.3. The quantitative estimate of drug-likeness (QED) is 0.417. The average Bonchev–Trinajstić information content (AvgIpc) is 2.53. The number of rotatable bonds is 5. The van der Waals surface area contributed by atoms with Gasteiger partial charge in [0.05, 0.1) is 0 Å². The summed E-state index contributed by atoms with van der Waals surface area (Å²) in [5.41, 5.74) is 1.47. The molecule has 0 saturated carbocycles. The van der Waals surface area contributed by atoms with E-state index in [0.717, 1.165) is 12.0 Å². The lowest BCUT2D eigenvalue weighted by molar-refractivity contribution is 0.104. The van der Waals surface area contributed by atoms with E-state index in [4.69, 9.17) is 0 Å². The van der Waals surface area contributed by atoms with Gasteiger partial charge in [0.2, 0.25) is 0 Å². The smallest absolute Gasteiger partial charge is 0.185 e. The molecule has 1 aliphatic carbocycles. The average molecular weight is 276 g/mol. The van der Waals surface area contributed by atoms with Gasteiger partial charge in [0.25, 0.3) is 0 Å². The molecule has 0 aliphatic heterocycles. The standard InChI is InChI=1S/C20H20O/c1-17(2)11-15-20(13-7-4-8-14-20)16-12-19(21)18-9-5-3-6-10-18/h3-13,15-16H,1,14H2,2H3. The third-order valence-electron chi connectivity index (χ3n) is 3.41. The Morgan fingerprint density at radius 3 is 2.48 bits per heavy atom. The molecule has 0 aromatic heterocycles. The molecule has 0 fully saturated rings. The van der Waals surface area contributed by atoms with Crippen LogP contribution in [-0.2, 0) is 0 Å². The van der Waals surface area contributed by atoms with Gasteiger partial charge in [0.1, 0.15) is 0 Å². The second-order valence-electron chi connectivity index (χ2n) is 5.35. The molecule has 0 bridgehead atoms. The summed E-state index contributed by atoms with van der Waals surface area (Å²) in [5.74, 6) is 0.0293. The number of carbonyl (C=O) groups is 1. The highest BCUT2D eigenvalue weighted by molar-refractivity contribution is 6.04. The first-order valence-corrected chi connectivity index (χ1v) is 7.09. The number of ketones is 1. The fraction of sp³-hybridized carbons (Fsp3) is 0.150. The Morgan fingerprint density at radius 2 is 1.86 bits per heavy atom. The first-order chi connectivity index (χ1) is 10.1. The maximum Gasteiger partial charge on any atom is 0.185 e. The summed E-state index contributed by atoms with van der Waals surface area (Å²) in [5, 5.41) is 0. The van der Waals surface area contributed by atoms with Gasteiger partial charge in [-0.2, -0.15) is 0 Å². The predicted octanol–water partition coefficient (Wildman–Crippen LogP) is 5.06. The van der Waals surface area contributed by atoms with Gasteiger partial charge >= 0.3 is 0 Å². The van der Waals surface area contributed by atoms with Gasteiger partial charge in [-0.25, -0.2) is 0 Å². The molecular weight excluding hydrogens is 256 g/mol. The molecule has 1 unspecified atom stereocenters. The van der Waals surface area contributed by atoms with Gasteiger partial charge in [-0.3, -0.25) is 4.79 Å². The monoisotopic (exact) mass is 276 g/mol. The van der Waals surface area contributed by atoms with Crippen molar-refractivity contribution in [3.05, 3.63) is 96.7 Å². The third kappa shape index (κ3) is 4.28. The Kier molecular flexibility index (Phi) is 4.89. The van der Waals surface area contributed by atoms with Gasteiger partial charge in [0, 0.05) is 11.0 Å². The van der Waals surface area contributed by atoms with E-state index in [-0.39, 0.29) is 11.2 Å². The summed E-state index contributed by atoms with van der Waals surface area (Å²) in [7, 11) is 0. The van der Waals surface area contributed by atoms with Crippen molar-refractivity contribution in [3.8, 4) is 0 Å². The zero-order valence-electron chi connectivity index (χ0n) is 12.3. The lowest BCUT2D eigenvalue weighted by Gasteiger charge is -2.24. The highest BCUT2D eigenvalue weighted by Gasteiger charge is 2.20. The molecule has 1 nitrogen and oxygen atoms in total. The SMILES string of the molecule is C=C(C)C=CC1(C=CC(=O)c2ccccc2)C=CC=CC1. The molecule has 106 valence electrons. The number of allylic oxidation sites excluding steroid dienone is 9. The Labute approximate surface area is 126 Å². The fourth-order valence-corrected chi connectivity index (χ4v) is 2.18. The molecule has 21 heavy (non-hydrogen) atoms. The van der Waals surface area contributed by atoms with E-state index in [1.165, 1.54) is 0 Å². The first-order valence-electron chi connectivity index (χ1n) is 7.09. The van der Waals surface area contributed by atoms with E-state index >= 15 is 0 Å². The third-order valence-corrected chi connectivity index (χ3v) is 3.41. The normalized spacial score (nSPS) is 21.2. The van der Waals surface area contributed by atoms with Crippen molar-refractivity contribution in [2.24, 2.45) is 5.41 Å². The zero-order chi connectivity index (χ0) is 15.1. The first kappa shape index (κ1) is 15.0. The minimum atomic E-state index is -0.238. The van der Waals surface area contributed by atoms with Gasteiger partial charge in [-0.1, -0.05) is 85.0 Å². The molecule has 0 N–H and O–H groups in total. The van der Waals surface area contributed by atoms with Crippen molar-refractivity contribution in [1.29, 1.82) is 0 Å². The van der Waals surface area contributed by atoms with Crippen molar-refractivity contribution in [2.75, 3.05) is 0 Å². The lowest BCUT2D eigenvalue weighted by atomic mass is 9.80. The Hall–Kier alpha value is -2.41. The molecule has 1 aliphatic rings.